The van der Waals surface area contributed by atoms with Gasteiger partial charge < -0.3 is 15.0 Å². The van der Waals surface area contributed by atoms with Gasteiger partial charge in [0.15, 0.2) is 0 Å². The SMILES string of the molecule is CCC(CN)Cc1nc(C(C)(C)OC)no1. The van der Waals surface area contributed by atoms with Crippen LogP contribution in [0, 0.1) is 5.92 Å². The Morgan fingerprint density at radius 3 is 2.69 bits per heavy atom. The molecule has 0 bridgehead atoms. The van der Waals surface area contributed by atoms with Crippen molar-refractivity contribution in [2.24, 2.45) is 11.7 Å². The van der Waals surface area contributed by atoms with Gasteiger partial charge in [-0.1, -0.05) is 18.5 Å². The van der Waals surface area contributed by atoms with Crippen LogP contribution in [0.3, 0.4) is 0 Å². The van der Waals surface area contributed by atoms with E-state index in [2.05, 4.69) is 17.1 Å². The fraction of sp³-hybridized carbons (Fsp3) is 0.818. The molecular formula is C11H21N3O2. The highest BCUT2D eigenvalue weighted by Crippen LogP contribution is 2.21. The predicted octanol–water partition coefficient (Wildman–Crippen LogP) is 1.48. The van der Waals surface area contributed by atoms with Crippen LogP contribution in [0.15, 0.2) is 4.52 Å². The molecule has 0 aliphatic rings. The highest BCUT2D eigenvalue weighted by molar-refractivity contribution is 4.97. The first kappa shape index (κ1) is 13.1. The molecule has 16 heavy (non-hydrogen) atoms. The summed E-state index contributed by atoms with van der Waals surface area (Å²) in [5.74, 6) is 1.62. The first-order chi connectivity index (χ1) is 7.53. The van der Waals surface area contributed by atoms with Gasteiger partial charge in [0.1, 0.15) is 5.60 Å². The lowest BCUT2D eigenvalue weighted by Gasteiger charge is -2.17. The summed E-state index contributed by atoms with van der Waals surface area (Å²) in [5.41, 5.74) is 5.13. The van der Waals surface area contributed by atoms with E-state index in [0.717, 1.165) is 12.8 Å². The molecule has 0 saturated carbocycles. The molecule has 92 valence electrons. The molecule has 0 amide bonds. The van der Waals surface area contributed by atoms with Crippen molar-refractivity contribution in [2.45, 2.75) is 39.2 Å². The molecule has 1 aromatic rings. The summed E-state index contributed by atoms with van der Waals surface area (Å²) in [4.78, 5) is 4.33. The molecule has 0 radical (unpaired) electrons. The van der Waals surface area contributed by atoms with E-state index in [1.54, 1.807) is 7.11 Å². The summed E-state index contributed by atoms with van der Waals surface area (Å²) in [6.45, 7) is 6.56. The average Bonchev–Trinajstić information content (AvgIpc) is 2.75. The molecule has 1 heterocycles. The molecular weight excluding hydrogens is 206 g/mol. The molecule has 0 aromatic carbocycles. The zero-order chi connectivity index (χ0) is 12.2. The molecule has 0 saturated heterocycles. The minimum absolute atomic E-state index is 0.402. The van der Waals surface area contributed by atoms with Crippen LogP contribution in [0.5, 0.6) is 0 Å². The lowest BCUT2D eigenvalue weighted by atomic mass is 10.0. The van der Waals surface area contributed by atoms with E-state index in [-0.39, 0.29) is 0 Å². The van der Waals surface area contributed by atoms with E-state index < -0.39 is 5.60 Å². The van der Waals surface area contributed by atoms with Gasteiger partial charge in [-0.15, -0.1) is 0 Å². The van der Waals surface area contributed by atoms with Gasteiger partial charge in [-0.2, -0.15) is 4.98 Å². The molecule has 0 aliphatic heterocycles. The molecule has 1 atom stereocenters. The average molecular weight is 227 g/mol. The summed E-state index contributed by atoms with van der Waals surface area (Å²) >= 11 is 0. The van der Waals surface area contributed by atoms with Crippen LogP contribution in [0.25, 0.3) is 0 Å². The highest BCUT2D eigenvalue weighted by atomic mass is 16.5. The van der Waals surface area contributed by atoms with E-state index in [0.29, 0.717) is 24.2 Å². The van der Waals surface area contributed by atoms with Gasteiger partial charge in [-0.05, 0) is 26.3 Å². The Hall–Kier alpha value is -0.940. The zero-order valence-corrected chi connectivity index (χ0v) is 10.5. The Morgan fingerprint density at radius 2 is 2.19 bits per heavy atom. The maximum atomic E-state index is 5.64. The fourth-order valence-corrected chi connectivity index (χ4v) is 1.31. The van der Waals surface area contributed by atoms with Crippen LogP contribution in [0.1, 0.15) is 38.9 Å². The number of hydrogen-bond donors (Lipinski definition) is 1. The summed E-state index contributed by atoms with van der Waals surface area (Å²) in [6.07, 6.45) is 1.75. The van der Waals surface area contributed by atoms with Gasteiger partial charge in [-0.25, -0.2) is 0 Å². The van der Waals surface area contributed by atoms with Gasteiger partial charge >= 0.3 is 0 Å². The molecule has 0 spiro atoms. The van der Waals surface area contributed by atoms with E-state index in [1.165, 1.54) is 0 Å². The third-order valence-corrected chi connectivity index (χ3v) is 2.89. The highest BCUT2D eigenvalue weighted by Gasteiger charge is 2.26. The number of rotatable bonds is 6. The Balaban J connectivity index is 2.71. The Labute approximate surface area is 96.4 Å². The van der Waals surface area contributed by atoms with Gasteiger partial charge in [0.2, 0.25) is 11.7 Å². The number of hydrogen-bond acceptors (Lipinski definition) is 5. The summed E-state index contributed by atoms with van der Waals surface area (Å²) in [5, 5.41) is 3.93. The fourth-order valence-electron chi connectivity index (χ4n) is 1.31. The Morgan fingerprint density at radius 1 is 1.50 bits per heavy atom. The number of ether oxygens (including phenoxy) is 1. The maximum Gasteiger partial charge on any atom is 0.227 e. The van der Waals surface area contributed by atoms with Gasteiger partial charge in [-0.3, -0.25) is 0 Å². The molecule has 5 heteroatoms. The van der Waals surface area contributed by atoms with E-state index in [9.17, 15) is 0 Å². The number of nitrogens with two attached hydrogens (primary N) is 1. The Kier molecular flexibility index (Phi) is 4.44. The van der Waals surface area contributed by atoms with Crippen LogP contribution in [-0.2, 0) is 16.8 Å². The van der Waals surface area contributed by atoms with Crippen LogP contribution in [-0.4, -0.2) is 23.8 Å². The first-order valence-electron chi connectivity index (χ1n) is 5.61. The summed E-state index contributed by atoms with van der Waals surface area (Å²) in [6, 6.07) is 0. The van der Waals surface area contributed by atoms with Crippen molar-refractivity contribution in [2.75, 3.05) is 13.7 Å². The lowest BCUT2D eigenvalue weighted by Crippen LogP contribution is -2.21. The molecule has 1 unspecified atom stereocenters. The molecule has 1 aromatic heterocycles. The van der Waals surface area contributed by atoms with Crippen molar-refractivity contribution in [3.63, 3.8) is 0 Å². The molecule has 1 rings (SSSR count). The van der Waals surface area contributed by atoms with E-state index >= 15 is 0 Å². The maximum absolute atomic E-state index is 5.64. The largest absolute Gasteiger partial charge is 0.371 e. The van der Waals surface area contributed by atoms with Crippen LogP contribution < -0.4 is 5.73 Å². The van der Waals surface area contributed by atoms with Crippen LogP contribution >= 0.6 is 0 Å². The molecule has 2 N–H and O–H groups in total. The monoisotopic (exact) mass is 227 g/mol. The minimum atomic E-state index is -0.508. The van der Waals surface area contributed by atoms with Crippen molar-refractivity contribution in [1.29, 1.82) is 0 Å². The van der Waals surface area contributed by atoms with Crippen molar-refractivity contribution in [1.82, 2.24) is 10.1 Å². The third kappa shape index (κ3) is 3.02. The summed E-state index contributed by atoms with van der Waals surface area (Å²) < 4.78 is 10.5. The van der Waals surface area contributed by atoms with Gasteiger partial charge in [0.25, 0.3) is 0 Å². The second kappa shape index (κ2) is 5.41. The van der Waals surface area contributed by atoms with E-state index in [1.807, 2.05) is 13.8 Å². The first-order valence-corrected chi connectivity index (χ1v) is 5.61. The van der Waals surface area contributed by atoms with Crippen molar-refractivity contribution in [3.8, 4) is 0 Å². The van der Waals surface area contributed by atoms with Gasteiger partial charge in [0.05, 0.1) is 0 Å². The molecule has 0 fully saturated rings. The van der Waals surface area contributed by atoms with Crippen molar-refractivity contribution in [3.05, 3.63) is 11.7 Å². The van der Waals surface area contributed by atoms with Crippen molar-refractivity contribution < 1.29 is 9.26 Å². The van der Waals surface area contributed by atoms with Gasteiger partial charge in [0, 0.05) is 13.5 Å². The number of nitrogens with zero attached hydrogens (tertiary/aromatic N) is 2. The second-order valence-corrected chi connectivity index (χ2v) is 4.44. The summed E-state index contributed by atoms with van der Waals surface area (Å²) in [7, 11) is 1.63. The smallest absolute Gasteiger partial charge is 0.227 e. The van der Waals surface area contributed by atoms with Crippen LogP contribution in [0.4, 0.5) is 0 Å². The molecule has 5 nitrogen and oxygen atoms in total. The topological polar surface area (TPSA) is 74.2 Å². The minimum Gasteiger partial charge on any atom is -0.371 e. The van der Waals surface area contributed by atoms with Crippen molar-refractivity contribution >= 4 is 0 Å². The molecule has 0 aliphatic carbocycles. The number of methoxy groups -OCH3 is 1. The second-order valence-electron chi connectivity index (χ2n) is 4.44. The predicted molar refractivity (Wildman–Crippen MR) is 60.9 cm³/mol. The zero-order valence-electron chi connectivity index (χ0n) is 10.5. The lowest BCUT2D eigenvalue weighted by molar-refractivity contribution is 0.00973. The Bertz CT molecular complexity index is 319. The van der Waals surface area contributed by atoms with Crippen LogP contribution in [0.2, 0.25) is 0 Å². The standard InChI is InChI=1S/C11H21N3O2/c1-5-8(7-12)6-9-13-10(14-16-9)11(2,3)15-4/h8H,5-7,12H2,1-4H3. The third-order valence-electron chi connectivity index (χ3n) is 2.89. The normalized spacial score (nSPS) is 14.1. The quantitative estimate of drug-likeness (QED) is 0.796. The number of aromatic nitrogens is 2. The van der Waals surface area contributed by atoms with E-state index in [4.69, 9.17) is 15.0 Å².